The monoisotopic (exact) mass is 394 g/mol. The molecule has 3 N–H and O–H groups in total. The number of nitrogens with one attached hydrogen (secondary N) is 3. The molecule has 0 spiro atoms. The van der Waals surface area contributed by atoms with Gasteiger partial charge in [-0.15, -0.1) is 0 Å². The number of carbonyl (C=O) groups is 2. The third-order valence-electron chi connectivity index (χ3n) is 4.88. The molecule has 152 valence electrons. The molecule has 1 aliphatic rings. The highest BCUT2D eigenvalue weighted by atomic mass is 16.5. The van der Waals surface area contributed by atoms with E-state index >= 15 is 0 Å². The number of aryl methyl sites for hydroxylation is 1. The first-order valence-electron chi connectivity index (χ1n) is 9.96. The van der Waals surface area contributed by atoms with Crippen molar-refractivity contribution in [2.24, 2.45) is 0 Å². The summed E-state index contributed by atoms with van der Waals surface area (Å²) in [5, 5.41) is 5.71. The zero-order valence-electron chi connectivity index (χ0n) is 16.7. The molecule has 0 aromatic heterocycles. The fraction of sp³-hybridized carbons (Fsp3) is 0.304. The van der Waals surface area contributed by atoms with Crippen molar-refractivity contribution in [1.82, 2.24) is 10.6 Å². The normalized spacial score (nSPS) is 15.0. The van der Waals surface area contributed by atoms with E-state index in [-0.39, 0.29) is 17.5 Å². The molecule has 0 atom stereocenters. The number of carbonyl (C=O) groups excluding carboxylic acids is 2. The maximum absolute atomic E-state index is 12.8. The van der Waals surface area contributed by atoms with Crippen LogP contribution in [0.2, 0.25) is 0 Å². The van der Waals surface area contributed by atoms with Crippen LogP contribution in [0.1, 0.15) is 21.5 Å². The molecule has 6 nitrogen and oxygen atoms in total. The second-order valence-electron chi connectivity index (χ2n) is 7.16. The van der Waals surface area contributed by atoms with Crippen LogP contribution in [0.4, 0.5) is 0 Å². The second kappa shape index (κ2) is 10.5. The van der Waals surface area contributed by atoms with Crippen LogP contribution in [0, 0.1) is 6.92 Å². The lowest BCUT2D eigenvalue weighted by Crippen LogP contribution is -3.14. The fourth-order valence-electron chi connectivity index (χ4n) is 3.13. The summed E-state index contributed by atoms with van der Waals surface area (Å²) >= 11 is 0. The average molecular weight is 394 g/mol. The maximum atomic E-state index is 12.8. The summed E-state index contributed by atoms with van der Waals surface area (Å²) in [7, 11) is 0. The van der Waals surface area contributed by atoms with Crippen molar-refractivity contribution in [3.8, 4) is 0 Å². The fourth-order valence-corrected chi connectivity index (χ4v) is 3.13. The van der Waals surface area contributed by atoms with Gasteiger partial charge in [0, 0.05) is 5.56 Å². The first kappa shape index (κ1) is 20.8. The van der Waals surface area contributed by atoms with Crippen molar-refractivity contribution >= 4 is 17.9 Å². The van der Waals surface area contributed by atoms with Crippen LogP contribution in [0.15, 0.2) is 60.3 Å². The minimum Gasteiger partial charge on any atom is -0.370 e. The first-order chi connectivity index (χ1) is 14.1. The van der Waals surface area contributed by atoms with Gasteiger partial charge in [-0.3, -0.25) is 9.59 Å². The SMILES string of the molecule is Cc1ccc(C(=O)N/C(=C/c2ccccc2)C(=O)NCC[NH+]2CCOCC2)cc1. The summed E-state index contributed by atoms with van der Waals surface area (Å²) in [6.07, 6.45) is 1.70. The Bertz CT molecular complexity index is 841. The molecule has 29 heavy (non-hydrogen) atoms. The molecule has 6 heteroatoms. The molecule has 3 rings (SSSR count). The molecule has 1 aliphatic heterocycles. The molecule has 0 bridgehead atoms. The third-order valence-corrected chi connectivity index (χ3v) is 4.88. The molecule has 1 saturated heterocycles. The summed E-state index contributed by atoms with van der Waals surface area (Å²) in [5.41, 5.74) is 2.67. The molecule has 0 unspecified atom stereocenters. The molecule has 0 radical (unpaired) electrons. The van der Waals surface area contributed by atoms with Crippen LogP contribution >= 0.6 is 0 Å². The number of morpholine rings is 1. The van der Waals surface area contributed by atoms with E-state index in [9.17, 15) is 9.59 Å². The van der Waals surface area contributed by atoms with Crippen LogP contribution in [0.3, 0.4) is 0 Å². The Morgan fingerprint density at radius 2 is 1.72 bits per heavy atom. The molecule has 2 amide bonds. The Labute approximate surface area is 171 Å². The number of amides is 2. The Kier molecular flexibility index (Phi) is 7.55. The molecule has 2 aromatic rings. The molecule has 2 aromatic carbocycles. The topological polar surface area (TPSA) is 71.9 Å². The lowest BCUT2D eigenvalue weighted by Gasteiger charge is -2.23. The molecule has 0 saturated carbocycles. The summed E-state index contributed by atoms with van der Waals surface area (Å²) in [5.74, 6) is -0.594. The number of rotatable bonds is 7. The number of hydrogen-bond acceptors (Lipinski definition) is 3. The summed E-state index contributed by atoms with van der Waals surface area (Å²) in [4.78, 5) is 26.8. The highest BCUT2D eigenvalue weighted by Gasteiger charge is 2.17. The largest absolute Gasteiger partial charge is 0.370 e. The van der Waals surface area contributed by atoms with E-state index in [1.165, 1.54) is 4.90 Å². The van der Waals surface area contributed by atoms with Crippen LogP contribution in [0.5, 0.6) is 0 Å². The molecular weight excluding hydrogens is 366 g/mol. The second-order valence-corrected chi connectivity index (χ2v) is 7.16. The van der Waals surface area contributed by atoms with E-state index in [0.717, 1.165) is 44.0 Å². The zero-order valence-corrected chi connectivity index (χ0v) is 16.7. The lowest BCUT2D eigenvalue weighted by atomic mass is 10.1. The number of benzene rings is 2. The van der Waals surface area contributed by atoms with Crippen molar-refractivity contribution in [1.29, 1.82) is 0 Å². The average Bonchev–Trinajstić information content (AvgIpc) is 2.75. The summed E-state index contributed by atoms with van der Waals surface area (Å²) < 4.78 is 5.36. The Balaban J connectivity index is 1.67. The summed E-state index contributed by atoms with van der Waals surface area (Å²) in [6, 6.07) is 16.7. The van der Waals surface area contributed by atoms with E-state index in [2.05, 4.69) is 10.6 Å². The Morgan fingerprint density at radius 1 is 1.03 bits per heavy atom. The quantitative estimate of drug-likeness (QED) is 0.609. The van der Waals surface area contributed by atoms with Crippen LogP contribution < -0.4 is 15.5 Å². The number of ether oxygens (including phenoxy) is 1. The van der Waals surface area contributed by atoms with E-state index in [0.29, 0.717) is 12.1 Å². The lowest BCUT2D eigenvalue weighted by molar-refractivity contribution is -0.906. The van der Waals surface area contributed by atoms with Gasteiger partial charge in [-0.25, -0.2) is 0 Å². The molecule has 1 heterocycles. The van der Waals surface area contributed by atoms with Gasteiger partial charge in [-0.2, -0.15) is 0 Å². The van der Waals surface area contributed by atoms with Crippen molar-refractivity contribution in [3.63, 3.8) is 0 Å². The molecule has 1 fully saturated rings. The molecular formula is C23H28N3O3+. The number of hydrogen-bond donors (Lipinski definition) is 3. The van der Waals surface area contributed by atoms with Gasteiger partial charge in [0.15, 0.2) is 0 Å². The van der Waals surface area contributed by atoms with Crippen molar-refractivity contribution < 1.29 is 19.2 Å². The summed E-state index contributed by atoms with van der Waals surface area (Å²) in [6.45, 7) is 6.76. The zero-order chi connectivity index (χ0) is 20.5. The Hall–Kier alpha value is -2.96. The third kappa shape index (κ3) is 6.55. The van der Waals surface area contributed by atoms with Crippen LogP contribution in [-0.2, 0) is 9.53 Å². The van der Waals surface area contributed by atoms with Crippen molar-refractivity contribution in [3.05, 3.63) is 77.0 Å². The Morgan fingerprint density at radius 3 is 2.41 bits per heavy atom. The van der Waals surface area contributed by atoms with Crippen LogP contribution in [-0.4, -0.2) is 51.2 Å². The highest BCUT2D eigenvalue weighted by molar-refractivity contribution is 6.05. The van der Waals surface area contributed by atoms with Gasteiger partial charge in [0.1, 0.15) is 18.8 Å². The van der Waals surface area contributed by atoms with Gasteiger partial charge in [-0.05, 0) is 30.7 Å². The van der Waals surface area contributed by atoms with Gasteiger partial charge < -0.3 is 20.3 Å². The van der Waals surface area contributed by atoms with Crippen molar-refractivity contribution in [2.75, 3.05) is 39.4 Å². The molecule has 0 aliphatic carbocycles. The van der Waals surface area contributed by atoms with Gasteiger partial charge in [0.2, 0.25) is 0 Å². The predicted octanol–water partition coefficient (Wildman–Crippen LogP) is 0.797. The van der Waals surface area contributed by atoms with Crippen molar-refractivity contribution in [2.45, 2.75) is 6.92 Å². The van der Waals surface area contributed by atoms with Gasteiger partial charge in [0.05, 0.1) is 26.3 Å². The first-order valence-corrected chi connectivity index (χ1v) is 9.96. The van der Waals surface area contributed by atoms with E-state index in [1.54, 1.807) is 18.2 Å². The minimum absolute atomic E-state index is 0.235. The van der Waals surface area contributed by atoms with Gasteiger partial charge in [0.25, 0.3) is 11.8 Å². The van der Waals surface area contributed by atoms with E-state index < -0.39 is 0 Å². The standard InChI is InChI=1S/C23H27N3O3/c1-18-7-9-20(10-8-18)22(27)25-21(17-19-5-3-2-4-6-19)23(28)24-11-12-26-13-15-29-16-14-26/h2-10,17H,11-16H2,1H3,(H,24,28)(H,25,27)/p+1/b21-17+. The maximum Gasteiger partial charge on any atom is 0.268 e. The van der Waals surface area contributed by atoms with Gasteiger partial charge >= 0.3 is 0 Å². The van der Waals surface area contributed by atoms with E-state index in [4.69, 9.17) is 4.74 Å². The smallest absolute Gasteiger partial charge is 0.268 e. The highest BCUT2D eigenvalue weighted by Crippen LogP contribution is 2.08. The predicted molar refractivity (Wildman–Crippen MR) is 112 cm³/mol. The van der Waals surface area contributed by atoms with Crippen LogP contribution in [0.25, 0.3) is 6.08 Å². The van der Waals surface area contributed by atoms with Gasteiger partial charge in [-0.1, -0.05) is 48.0 Å². The van der Waals surface area contributed by atoms with E-state index in [1.807, 2.05) is 49.4 Å². The number of quaternary nitrogens is 1. The minimum atomic E-state index is -0.305.